The Morgan fingerprint density at radius 3 is 1.73 bits per heavy atom. The first kappa shape index (κ1) is 20.6. The summed E-state index contributed by atoms with van der Waals surface area (Å²) in [6.07, 6.45) is 12.0. The number of hydrogen-bond donors (Lipinski definition) is 1. The Bertz CT molecular complexity index is 817. The van der Waals surface area contributed by atoms with Crippen LogP contribution < -0.4 is 5.32 Å². The zero-order valence-electron chi connectivity index (χ0n) is 17.7. The van der Waals surface area contributed by atoms with Gasteiger partial charge >= 0.3 is 0 Å². The van der Waals surface area contributed by atoms with Gasteiger partial charge in [0.2, 0.25) is 0 Å². The largest absolute Gasteiger partial charge is 0.333 e. The molecule has 0 radical (unpaired) electrons. The van der Waals surface area contributed by atoms with Gasteiger partial charge < -0.3 is 10.2 Å². The number of rotatable bonds is 5. The van der Waals surface area contributed by atoms with Gasteiger partial charge in [-0.2, -0.15) is 0 Å². The highest BCUT2D eigenvalue weighted by Gasteiger charge is 2.32. The van der Waals surface area contributed by atoms with Crippen LogP contribution in [0.3, 0.4) is 0 Å². The predicted octanol–water partition coefficient (Wildman–Crippen LogP) is 6.05. The lowest BCUT2D eigenvalue weighted by atomic mass is 9.88. The van der Waals surface area contributed by atoms with Crippen LogP contribution in [-0.2, 0) is 0 Å². The van der Waals surface area contributed by atoms with Gasteiger partial charge in [0.05, 0.1) is 0 Å². The van der Waals surface area contributed by atoms with Gasteiger partial charge in [-0.3, -0.25) is 9.59 Å². The van der Waals surface area contributed by atoms with E-state index in [1.165, 1.54) is 38.5 Å². The lowest BCUT2D eigenvalue weighted by Gasteiger charge is -2.42. The Morgan fingerprint density at radius 1 is 0.667 bits per heavy atom. The molecule has 0 heterocycles. The molecule has 4 rings (SSSR count). The van der Waals surface area contributed by atoms with Crippen molar-refractivity contribution in [3.8, 4) is 0 Å². The summed E-state index contributed by atoms with van der Waals surface area (Å²) in [5.41, 5.74) is 2.06. The summed E-state index contributed by atoms with van der Waals surface area (Å²) in [5.74, 6) is 0.0236. The molecule has 0 saturated heterocycles. The fourth-order valence-electron chi connectivity index (χ4n) is 4.99. The Hall–Kier alpha value is -2.62. The van der Waals surface area contributed by atoms with Crippen molar-refractivity contribution in [1.82, 2.24) is 4.90 Å². The molecule has 2 aromatic carbocycles. The van der Waals surface area contributed by atoms with Gasteiger partial charge in [0, 0.05) is 28.9 Å². The molecule has 0 unspecified atom stereocenters. The van der Waals surface area contributed by atoms with Crippen LogP contribution in [0.25, 0.3) is 0 Å². The summed E-state index contributed by atoms with van der Waals surface area (Å²) < 4.78 is 0. The molecule has 2 aliphatic rings. The molecule has 30 heavy (non-hydrogen) atoms. The number of amides is 2. The number of carbonyl (C=O) groups excluding carboxylic acids is 2. The van der Waals surface area contributed by atoms with E-state index in [1.54, 1.807) is 12.1 Å². The van der Waals surface area contributed by atoms with E-state index in [0.717, 1.165) is 31.2 Å². The van der Waals surface area contributed by atoms with E-state index in [2.05, 4.69) is 10.2 Å². The van der Waals surface area contributed by atoms with Crippen LogP contribution in [0.4, 0.5) is 5.69 Å². The Morgan fingerprint density at radius 2 is 1.20 bits per heavy atom. The molecule has 158 valence electrons. The molecule has 2 fully saturated rings. The van der Waals surface area contributed by atoms with Gasteiger partial charge in [0.15, 0.2) is 0 Å². The molecule has 0 atom stereocenters. The van der Waals surface area contributed by atoms with Crippen molar-refractivity contribution < 1.29 is 9.59 Å². The molecule has 0 aromatic heterocycles. The standard InChI is InChI=1S/C26H32N2O2/c29-25(20-10-4-1-5-11-20)27-22-18-16-21(17-19-22)26(30)28(23-12-6-2-7-13-23)24-14-8-3-9-15-24/h1,4-5,10-11,16-19,23-24H,2-3,6-9,12-15H2,(H,27,29). The van der Waals surface area contributed by atoms with E-state index in [-0.39, 0.29) is 11.8 Å². The number of nitrogens with zero attached hydrogens (tertiary/aromatic N) is 1. The first-order valence-electron chi connectivity index (χ1n) is 11.5. The first-order chi connectivity index (χ1) is 14.7. The van der Waals surface area contributed by atoms with Crippen LogP contribution >= 0.6 is 0 Å². The minimum atomic E-state index is -0.138. The van der Waals surface area contributed by atoms with E-state index in [4.69, 9.17) is 0 Å². The van der Waals surface area contributed by atoms with Crippen LogP contribution in [0, 0.1) is 0 Å². The number of carbonyl (C=O) groups is 2. The van der Waals surface area contributed by atoms with Crippen molar-refractivity contribution in [2.45, 2.75) is 76.3 Å². The third-order valence-electron chi connectivity index (χ3n) is 6.60. The van der Waals surface area contributed by atoms with Gasteiger partial charge in [-0.05, 0) is 62.1 Å². The normalized spacial score (nSPS) is 18.0. The maximum atomic E-state index is 13.5. The summed E-state index contributed by atoms with van der Waals surface area (Å²) >= 11 is 0. The third kappa shape index (κ3) is 4.92. The molecule has 0 bridgehead atoms. The third-order valence-corrected chi connectivity index (χ3v) is 6.60. The van der Waals surface area contributed by atoms with E-state index in [0.29, 0.717) is 23.3 Å². The van der Waals surface area contributed by atoms with Crippen molar-refractivity contribution in [3.63, 3.8) is 0 Å². The molecule has 2 amide bonds. The summed E-state index contributed by atoms with van der Waals surface area (Å²) in [4.78, 5) is 28.1. The molecular weight excluding hydrogens is 372 g/mol. The lowest BCUT2D eigenvalue weighted by molar-refractivity contribution is 0.0448. The number of hydrogen-bond acceptors (Lipinski definition) is 2. The molecule has 4 nitrogen and oxygen atoms in total. The van der Waals surface area contributed by atoms with Gasteiger partial charge in [0.1, 0.15) is 0 Å². The first-order valence-corrected chi connectivity index (χ1v) is 11.5. The minimum absolute atomic E-state index is 0.138. The van der Waals surface area contributed by atoms with Crippen LogP contribution in [0.1, 0.15) is 84.9 Å². The SMILES string of the molecule is O=C(Nc1ccc(C(=O)N(C2CCCCC2)C2CCCCC2)cc1)c1ccccc1. The Kier molecular flexibility index (Phi) is 6.83. The van der Waals surface area contributed by atoms with Gasteiger partial charge in [-0.25, -0.2) is 0 Å². The maximum absolute atomic E-state index is 13.5. The highest BCUT2D eigenvalue weighted by Crippen LogP contribution is 2.31. The number of anilines is 1. The molecule has 0 aliphatic heterocycles. The average molecular weight is 405 g/mol. The second-order valence-corrected chi connectivity index (χ2v) is 8.69. The van der Waals surface area contributed by atoms with Crippen molar-refractivity contribution in [3.05, 3.63) is 65.7 Å². The van der Waals surface area contributed by atoms with Gasteiger partial charge in [0.25, 0.3) is 11.8 Å². The Balaban J connectivity index is 1.48. The summed E-state index contributed by atoms with van der Waals surface area (Å²) in [7, 11) is 0. The highest BCUT2D eigenvalue weighted by molar-refractivity contribution is 6.04. The van der Waals surface area contributed by atoms with Crippen LogP contribution in [0.15, 0.2) is 54.6 Å². The molecule has 2 aliphatic carbocycles. The minimum Gasteiger partial charge on any atom is -0.333 e. The molecule has 2 aromatic rings. The lowest BCUT2D eigenvalue weighted by Crippen LogP contribution is -2.48. The van der Waals surface area contributed by atoms with E-state index in [1.807, 2.05) is 42.5 Å². The van der Waals surface area contributed by atoms with Crippen LogP contribution in [0.5, 0.6) is 0 Å². The topological polar surface area (TPSA) is 49.4 Å². The highest BCUT2D eigenvalue weighted by atomic mass is 16.2. The van der Waals surface area contributed by atoms with Crippen LogP contribution in [0.2, 0.25) is 0 Å². The van der Waals surface area contributed by atoms with E-state index < -0.39 is 0 Å². The van der Waals surface area contributed by atoms with Crippen LogP contribution in [-0.4, -0.2) is 28.8 Å². The van der Waals surface area contributed by atoms with Gasteiger partial charge in [-0.15, -0.1) is 0 Å². The average Bonchev–Trinajstić information content (AvgIpc) is 2.81. The monoisotopic (exact) mass is 404 g/mol. The molecule has 0 spiro atoms. The summed E-state index contributed by atoms with van der Waals surface area (Å²) in [6, 6.07) is 17.3. The quantitative estimate of drug-likeness (QED) is 0.660. The van der Waals surface area contributed by atoms with E-state index >= 15 is 0 Å². The second kappa shape index (κ2) is 9.92. The maximum Gasteiger partial charge on any atom is 0.255 e. The van der Waals surface area contributed by atoms with E-state index in [9.17, 15) is 9.59 Å². The number of nitrogens with one attached hydrogen (secondary N) is 1. The molecular formula is C26H32N2O2. The smallest absolute Gasteiger partial charge is 0.255 e. The number of benzene rings is 2. The second-order valence-electron chi connectivity index (χ2n) is 8.69. The zero-order chi connectivity index (χ0) is 20.8. The molecule has 1 N–H and O–H groups in total. The summed E-state index contributed by atoms with van der Waals surface area (Å²) in [6.45, 7) is 0. The van der Waals surface area contributed by atoms with Gasteiger partial charge in [-0.1, -0.05) is 56.7 Å². The fraction of sp³-hybridized carbons (Fsp3) is 0.462. The molecule has 2 saturated carbocycles. The van der Waals surface area contributed by atoms with Crippen molar-refractivity contribution in [1.29, 1.82) is 0 Å². The van der Waals surface area contributed by atoms with Crippen molar-refractivity contribution in [2.24, 2.45) is 0 Å². The Labute approximate surface area is 179 Å². The molecule has 4 heteroatoms. The predicted molar refractivity (Wildman–Crippen MR) is 121 cm³/mol. The zero-order valence-corrected chi connectivity index (χ0v) is 17.7. The van der Waals surface area contributed by atoms with Crippen molar-refractivity contribution >= 4 is 17.5 Å². The fourth-order valence-corrected chi connectivity index (χ4v) is 4.99. The van der Waals surface area contributed by atoms with Crippen molar-refractivity contribution in [2.75, 3.05) is 5.32 Å². The summed E-state index contributed by atoms with van der Waals surface area (Å²) in [5, 5.41) is 2.92.